The number of methoxy groups -OCH3 is 1. The molecule has 0 unspecified atom stereocenters. The number of hydrogen-bond donors (Lipinski definition) is 2. The van der Waals surface area contributed by atoms with E-state index in [-0.39, 0.29) is 0 Å². The number of benzene rings is 1. The van der Waals surface area contributed by atoms with Crippen LogP contribution in [0.25, 0.3) is 0 Å². The number of ether oxygens (including phenoxy) is 2. The van der Waals surface area contributed by atoms with Gasteiger partial charge in [0.15, 0.2) is 11.5 Å². The van der Waals surface area contributed by atoms with E-state index in [1.165, 1.54) is 20.0 Å². The fourth-order valence-electron chi connectivity index (χ4n) is 2.79. The molecule has 0 bridgehead atoms. The summed E-state index contributed by atoms with van der Waals surface area (Å²) in [4.78, 5) is 13.5. The van der Waals surface area contributed by atoms with Gasteiger partial charge in [0.2, 0.25) is 0 Å². The van der Waals surface area contributed by atoms with Crippen molar-refractivity contribution in [2.24, 2.45) is 11.7 Å². The van der Waals surface area contributed by atoms with Crippen LogP contribution in [0.15, 0.2) is 18.2 Å². The maximum atomic E-state index is 11.2. The van der Waals surface area contributed by atoms with Crippen molar-refractivity contribution >= 4 is 5.97 Å². The van der Waals surface area contributed by atoms with Gasteiger partial charge in [0.1, 0.15) is 12.6 Å². The highest BCUT2D eigenvalue weighted by Gasteiger charge is 2.22. The van der Waals surface area contributed by atoms with Crippen molar-refractivity contribution in [3.8, 4) is 11.5 Å². The Balaban J connectivity index is 2.01. The third kappa shape index (κ3) is 4.59. The number of rotatable bonds is 7. The zero-order valence-corrected chi connectivity index (χ0v) is 13.8. The lowest BCUT2D eigenvalue weighted by Crippen LogP contribution is -2.36. The predicted octanol–water partition coefficient (Wildman–Crippen LogP) is 1.89. The van der Waals surface area contributed by atoms with Gasteiger partial charge in [-0.2, -0.15) is 0 Å². The summed E-state index contributed by atoms with van der Waals surface area (Å²) in [6.45, 7) is 5.73. The van der Waals surface area contributed by atoms with E-state index < -0.39 is 12.0 Å². The topological polar surface area (TPSA) is 85.0 Å². The van der Waals surface area contributed by atoms with Crippen LogP contribution >= 0.6 is 0 Å². The molecule has 0 spiro atoms. The van der Waals surface area contributed by atoms with Crippen molar-refractivity contribution in [2.75, 3.05) is 33.4 Å². The van der Waals surface area contributed by atoms with Crippen LogP contribution in [0, 0.1) is 5.92 Å². The van der Waals surface area contributed by atoms with E-state index in [9.17, 15) is 4.79 Å². The summed E-state index contributed by atoms with van der Waals surface area (Å²) in [7, 11) is 1.53. The molecule has 0 aliphatic carbocycles. The van der Waals surface area contributed by atoms with Gasteiger partial charge in [-0.25, -0.2) is 0 Å². The fourth-order valence-corrected chi connectivity index (χ4v) is 2.79. The van der Waals surface area contributed by atoms with Crippen molar-refractivity contribution in [2.45, 2.75) is 25.8 Å². The molecule has 1 atom stereocenters. The molecule has 0 saturated carbocycles. The largest absolute Gasteiger partial charge is 0.493 e. The second-order valence-electron chi connectivity index (χ2n) is 6.07. The fraction of sp³-hybridized carbons (Fsp3) is 0.588. The summed E-state index contributed by atoms with van der Waals surface area (Å²) in [5, 5.41) is 9.15. The molecule has 0 aromatic heterocycles. The van der Waals surface area contributed by atoms with Gasteiger partial charge in [-0.3, -0.25) is 9.69 Å². The normalized spacial score (nSPS) is 17.7. The average Bonchev–Trinajstić information content (AvgIpc) is 2.56. The molecule has 1 aliphatic heterocycles. The Labute approximate surface area is 137 Å². The molecular weight excluding hydrogens is 296 g/mol. The molecule has 23 heavy (non-hydrogen) atoms. The molecule has 1 fully saturated rings. The first-order chi connectivity index (χ1) is 11.0. The number of carbonyl (C=O) groups is 1. The summed E-state index contributed by atoms with van der Waals surface area (Å²) in [5.74, 6) is 0.636. The SMILES string of the molecule is COc1cccc([C@H](N)C(=O)O)c1OCCN1CCC(C)CC1. The van der Waals surface area contributed by atoms with E-state index in [2.05, 4.69) is 11.8 Å². The van der Waals surface area contributed by atoms with Gasteiger partial charge in [-0.15, -0.1) is 0 Å². The lowest BCUT2D eigenvalue weighted by atomic mass is 9.99. The molecule has 3 N–H and O–H groups in total. The highest BCUT2D eigenvalue weighted by Crippen LogP contribution is 2.34. The zero-order valence-electron chi connectivity index (χ0n) is 13.8. The number of aliphatic carboxylic acids is 1. The molecule has 1 heterocycles. The molecule has 2 rings (SSSR count). The van der Waals surface area contributed by atoms with Crippen molar-refractivity contribution in [3.05, 3.63) is 23.8 Å². The van der Waals surface area contributed by atoms with Crippen LogP contribution in [0.5, 0.6) is 11.5 Å². The third-order valence-electron chi connectivity index (χ3n) is 4.36. The Bertz CT molecular complexity index is 527. The van der Waals surface area contributed by atoms with Crippen molar-refractivity contribution in [1.29, 1.82) is 0 Å². The molecule has 0 amide bonds. The molecular formula is C17H26N2O4. The second kappa shape index (κ2) is 8.17. The number of likely N-dealkylation sites (tertiary alicyclic amines) is 1. The summed E-state index contributed by atoms with van der Waals surface area (Å²) < 4.78 is 11.1. The van der Waals surface area contributed by atoms with Gasteiger partial charge in [-0.1, -0.05) is 19.1 Å². The quantitative estimate of drug-likeness (QED) is 0.797. The van der Waals surface area contributed by atoms with Crippen LogP contribution in [0.3, 0.4) is 0 Å². The number of carboxylic acid groups (broad SMARTS) is 1. The van der Waals surface area contributed by atoms with Gasteiger partial charge in [-0.05, 0) is 37.9 Å². The van der Waals surface area contributed by atoms with Crippen LogP contribution in [0.1, 0.15) is 31.4 Å². The Morgan fingerprint density at radius 2 is 2.13 bits per heavy atom. The van der Waals surface area contributed by atoms with E-state index in [0.29, 0.717) is 23.7 Å². The number of hydrogen-bond acceptors (Lipinski definition) is 5. The lowest BCUT2D eigenvalue weighted by molar-refractivity contribution is -0.138. The highest BCUT2D eigenvalue weighted by atomic mass is 16.5. The Morgan fingerprint density at radius 3 is 2.74 bits per heavy atom. The van der Waals surface area contributed by atoms with E-state index in [1.54, 1.807) is 18.2 Å². The van der Waals surface area contributed by atoms with Crippen LogP contribution in [-0.2, 0) is 4.79 Å². The number of nitrogens with two attached hydrogens (primary N) is 1. The summed E-state index contributed by atoms with van der Waals surface area (Å²) in [6.07, 6.45) is 2.42. The van der Waals surface area contributed by atoms with E-state index in [1.807, 2.05) is 0 Å². The molecule has 6 nitrogen and oxygen atoms in total. The number of para-hydroxylation sites is 1. The van der Waals surface area contributed by atoms with Gasteiger partial charge < -0.3 is 20.3 Å². The first-order valence-corrected chi connectivity index (χ1v) is 8.03. The minimum Gasteiger partial charge on any atom is -0.493 e. The highest BCUT2D eigenvalue weighted by molar-refractivity contribution is 5.77. The summed E-state index contributed by atoms with van der Waals surface area (Å²) in [6, 6.07) is 4.00. The minimum absolute atomic E-state index is 0.426. The third-order valence-corrected chi connectivity index (χ3v) is 4.36. The molecule has 1 aromatic carbocycles. The first kappa shape index (κ1) is 17.6. The number of piperidine rings is 1. The molecule has 1 aliphatic rings. The van der Waals surface area contributed by atoms with Gasteiger partial charge in [0.05, 0.1) is 7.11 Å². The van der Waals surface area contributed by atoms with Gasteiger partial charge >= 0.3 is 5.97 Å². The van der Waals surface area contributed by atoms with Gasteiger partial charge in [0.25, 0.3) is 0 Å². The Hall–Kier alpha value is -1.79. The number of nitrogens with zero attached hydrogens (tertiary/aromatic N) is 1. The van der Waals surface area contributed by atoms with E-state index in [4.69, 9.17) is 20.3 Å². The molecule has 128 valence electrons. The zero-order chi connectivity index (χ0) is 16.8. The van der Waals surface area contributed by atoms with Crippen molar-refractivity contribution < 1.29 is 19.4 Å². The van der Waals surface area contributed by atoms with E-state index in [0.717, 1.165) is 25.6 Å². The smallest absolute Gasteiger partial charge is 0.325 e. The minimum atomic E-state index is -1.13. The maximum Gasteiger partial charge on any atom is 0.325 e. The molecule has 0 radical (unpaired) electrons. The molecule has 6 heteroatoms. The standard InChI is InChI=1S/C17H26N2O4/c1-12-6-8-19(9-7-12)10-11-23-16-13(15(18)17(20)21)4-3-5-14(16)22-2/h3-5,12,15H,6-11,18H2,1-2H3,(H,20,21)/t15-/m0/s1. The van der Waals surface area contributed by atoms with Crippen LogP contribution in [-0.4, -0.2) is 49.3 Å². The monoisotopic (exact) mass is 322 g/mol. The molecule has 1 aromatic rings. The first-order valence-electron chi connectivity index (χ1n) is 8.03. The number of carboxylic acids is 1. The Morgan fingerprint density at radius 1 is 1.43 bits per heavy atom. The Kier molecular flexibility index (Phi) is 6.24. The van der Waals surface area contributed by atoms with E-state index >= 15 is 0 Å². The summed E-state index contributed by atoms with van der Waals surface area (Å²) in [5.41, 5.74) is 6.18. The van der Waals surface area contributed by atoms with Crippen molar-refractivity contribution in [3.63, 3.8) is 0 Å². The second-order valence-corrected chi connectivity index (χ2v) is 6.07. The van der Waals surface area contributed by atoms with Crippen LogP contribution in [0.2, 0.25) is 0 Å². The van der Waals surface area contributed by atoms with Crippen LogP contribution < -0.4 is 15.2 Å². The summed E-state index contributed by atoms with van der Waals surface area (Å²) >= 11 is 0. The van der Waals surface area contributed by atoms with Gasteiger partial charge in [0, 0.05) is 12.1 Å². The predicted molar refractivity (Wildman–Crippen MR) is 87.9 cm³/mol. The van der Waals surface area contributed by atoms with Crippen LogP contribution in [0.4, 0.5) is 0 Å². The lowest BCUT2D eigenvalue weighted by Gasteiger charge is -2.30. The average molecular weight is 322 g/mol. The molecule has 1 saturated heterocycles. The van der Waals surface area contributed by atoms with Crippen molar-refractivity contribution in [1.82, 2.24) is 4.90 Å². The maximum absolute atomic E-state index is 11.2.